The highest BCUT2D eigenvalue weighted by Crippen LogP contribution is 2.33. The van der Waals surface area contributed by atoms with E-state index >= 15 is 0 Å². The van der Waals surface area contributed by atoms with Crippen LogP contribution in [0.4, 0.5) is 10.5 Å². The van der Waals surface area contributed by atoms with E-state index in [-0.39, 0.29) is 6.61 Å². The van der Waals surface area contributed by atoms with Gasteiger partial charge in [0.25, 0.3) is 0 Å². The second kappa shape index (κ2) is 11.5. The van der Waals surface area contributed by atoms with Gasteiger partial charge in [-0.25, -0.2) is 10.2 Å². The normalized spacial score (nSPS) is 10.5. The third-order valence-corrected chi connectivity index (χ3v) is 6.17. The number of nitrogens with zero attached hydrogens (tertiary/aromatic N) is 2. The molecule has 3 rings (SSSR count). The maximum absolute atomic E-state index is 12.1. The van der Waals surface area contributed by atoms with E-state index in [0.29, 0.717) is 32.8 Å². The maximum atomic E-state index is 12.1. The lowest BCUT2D eigenvalue weighted by atomic mass is 10.1. The van der Waals surface area contributed by atoms with Crippen LogP contribution >= 0.6 is 31.9 Å². The number of anilines is 1. The first-order chi connectivity index (χ1) is 15.9. The monoisotopic (exact) mass is 570 g/mol. The van der Waals surface area contributed by atoms with Gasteiger partial charge in [0.1, 0.15) is 6.61 Å². The van der Waals surface area contributed by atoms with Gasteiger partial charge in [0, 0.05) is 25.8 Å². The minimum Gasteiger partial charge on any atom is -0.493 e. The van der Waals surface area contributed by atoms with Gasteiger partial charge in [-0.1, -0.05) is 34.1 Å². The lowest BCUT2D eigenvalue weighted by molar-refractivity contribution is 0.252. The summed E-state index contributed by atoms with van der Waals surface area (Å²) in [6, 6.07) is 17.9. The standard InChI is InChI=1S/C24H20Br2N4O3/c1-15-9-19(7-8-20(15)25)29-24(31)30-28-13-18-10-22(32-2)23(11-21(18)26)33-14-17-6-4-3-5-16(17)12-27/h3-11,13H,14H2,1-2H3,(H2,29,30,31)/b28-13+. The molecule has 0 aromatic heterocycles. The molecule has 9 heteroatoms. The van der Waals surface area contributed by atoms with Crippen LogP contribution in [0.25, 0.3) is 0 Å². The number of hydrazone groups is 1. The van der Waals surface area contributed by atoms with Crippen LogP contribution in [-0.2, 0) is 6.61 Å². The van der Waals surface area contributed by atoms with Gasteiger partial charge in [0.15, 0.2) is 11.5 Å². The number of aryl methyl sites for hydroxylation is 1. The molecule has 0 fully saturated rings. The van der Waals surface area contributed by atoms with Gasteiger partial charge in [-0.2, -0.15) is 10.4 Å². The van der Waals surface area contributed by atoms with E-state index < -0.39 is 6.03 Å². The van der Waals surface area contributed by atoms with E-state index in [1.54, 1.807) is 24.3 Å². The summed E-state index contributed by atoms with van der Waals surface area (Å²) >= 11 is 6.92. The highest BCUT2D eigenvalue weighted by molar-refractivity contribution is 9.10. The predicted molar refractivity (Wildman–Crippen MR) is 135 cm³/mol. The van der Waals surface area contributed by atoms with Crippen LogP contribution in [0, 0.1) is 18.3 Å². The number of halogens is 2. The first-order valence-electron chi connectivity index (χ1n) is 9.75. The second-order valence-corrected chi connectivity index (χ2v) is 8.58. The molecule has 0 radical (unpaired) electrons. The molecule has 33 heavy (non-hydrogen) atoms. The van der Waals surface area contributed by atoms with Gasteiger partial charge in [0.05, 0.1) is 25.0 Å². The van der Waals surface area contributed by atoms with Gasteiger partial charge in [-0.05, 0) is 64.8 Å². The van der Waals surface area contributed by atoms with Crippen molar-refractivity contribution in [2.45, 2.75) is 13.5 Å². The number of carbonyl (C=O) groups is 1. The van der Waals surface area contributed by atoms with Crippen molar-refractivity contribution >= 4 is 49.8 Å². The fourth-order valence-corrected chi connectivity index (χ4v) is 3.55. The smallest absolute Gasteiger partial charge is 0.339 e. The fraction of sp³-hybridized carbons (Fsp3) is 0.125. The van der Waals surface area contributed by atoms with Crippen LogP contribution in [0.2, 0.25) is 0 Å². The molecule has 0 saturated heterocycles. The van der Waals surface area contributed by atoms with Crippen molar-refractivity contribution < 1.29 is 14.3 Å². The van der Waals surface area contributed by atoms with Crippen molar-refractivity contribution in [2.24, 2.45) is 5.10 Å². The Balaban J connectivity index is 1.66. The zero-order valence-corrected chi connectivity index (χ0v) is 21.0. The number of nitrogens with one attached hydrogen (secondary N) is 2. The number of nitriles is 1. The molecule has 3 aromatic rings. The molecule has 0 aliphatic heterocycles. The van der Waals surface area contributed by atoms with E-state index in [2.05, 4.69) is 53.8 Å². The summed E-state index contributed by atoms with van der Waals surface area (Å²) in [5, 5.41) is 16.0. The van der Waals surface area contributed by atoms with Crippen molar-refractivity contribution in [3.8, 4) is 17.6 Å². The van der Waals surface area contributed by atoms with E-state index in [1.165, 1.54) is 13.3 Å². The molecule has 168 valence electrons. The number of urea groups is 1. The van der Waals surface area contributed by atoms with Crippen molar-refractivity contribution in [1.29, 1.82) is 5.26 Å². The lowest BCUT2D eigenvalue weighted by Crippen LogP contribution is -2.24. The molecule has 2 amide bonds. The molecule has 0 aliphatic carbocycles. The Morgan fingerprint density at radius 1 is 1.12 bits per heavy atom. The zero-order chi connectivity index (χ0) is 23.8. The Kier molecular flexibility index (Phi) is 8.46. The van der Waals surface area contributed by atoms with Crippen molar-refractivity contribution in [1.82, 2.24) is 5.43 Å². The third kappa shape index (κ3) is 6.57. The minimum atomic E-state index is -0.466. The number of methoxy groups -OCH3 is 1. The highest BCUT2D eigenvalue weighted by atomic mass is 79.9. The molecule has 0 unspecified atom stereocenters. The molecule has 7 nitrogen and oxygen atoms in total. The average molecular weight is 572 g/mol. The second-order valence-electron chi connectivity index (χ2n) is 6.87. The largest absolute Gasteiger partial charge is 0.493 e. The summed E-state index contributed by atoms with van der Waals surface area (Å²) < 4.78 is 13.0. The molecule has 0 aliphatic rings. The first-order valence-corrected chi connectivity index (χ1v) is 11.3. The van der Waals surface area contributed by atoms with Crippen molar-refractivity contribution in [2.75, 3.05) is 12.4 Å². The summed E-state index contributed by atoms with van der Waals surface area (Å²) in [4.78, 5) is 12.1. The number of carbonyl (C=O) groups excluding carboxylic acids is 1. The predicted octanol–water partition coefficient (Wildman–Crippen LogP) is 6.13. The van der Waals surface area contributed by atoms with Gasteiger partial charge < -0.3 is 14.8 Å². The molecule has 2 N–H and O–H groups in total. The summed E-state index contributed by atoms with van der Waals surface area (Å²) in [5.41, 5.74) is 6.11. The molecule has 0 heterocycles. The van der Waals surface area contributed by atoms with Crippen molar-refractivity contribution in [3.05, 3.63) is 85.8 Å². The van der Waals surface area contributed by atoms with Crippen LogP contribution in [0.5, 0.6) is 11.5 Å². The number of rotatable bonds is 7. The van der Waals surface area contributed by atoms with Gasteiger partial charge in [0.2, 0.25) is 0 Å². The number of hydrogen-bond donors (Lipinski definition) is 2. The van der Waals surface area contributed by atoms with Gasteiger partial charge >= 0.3 is 6.03 Å². The van der Waals surface area contributed by atoms with Crippen LogP contribution in [0.15, 0.2) is 68.6 Å². The summed E-state index contributed by atoms with van der Waals surface area (Å²) in [6.45, 7) is 2.16. The molecular weight excluding hydrogens is 552 g/mol. The third-order valence-electron chi connectivity index (χ3n) is 4.59. The quantitative estimate of drug-likeness (QED) is 0.263. The molecule has 0 spiro atoms. The topological polar surface area (TPSA) is 95.7 Å². The minimum absolute atomic E-state index is 0.219. The van der Waals surface area contributed by atoms with Crippen LogP contribution in [0.1, 0.15) is 22.3 Å². The summed E-state index contributed by atoms with van der Waals surface area (Å²) in [7, 11) is 1.53. The number of amides is 2. The summed E-state index contributed by atoms with van der Waals surface area (Å²) in [5.74, 6) is 0.995. The van der Waals surface area contributed by atoms with E-state index in [0.717, 1.165) is 15.6 Å². The molecular formula is C24H20Br2N4O3. The number of benzene rings is 3. The van der Waals surface area contributed by atoms with Crippen molar-refractivity contribution in [3.63, 3.8) is 0 Å². The highest BCUT2D eigenvalue weighted by Gasteiger charge is 2.11. The van der Waals surface area contributed by atoms with E-state index in [4.69, 9.17) is 9.47 Å². The van der Waals surface area contributed by atoms with E-state index in [1.807, 2.05) is 37.3 Å². The maximum Gasteiger partial charge on any atom is 0.339 e. The Hall–Kier alpha value is -3.35. The molecule has 0 atom stereocenters. The molecule has 0 bridgehead atoms. The Morgan fingerprint density at radius 3 is 2.64 bits per heavy atom. The van der Waals surface area contributed by atoms with Crippen LogP contribution in [-0.4, -0.2) is 19.4 Å². The van der Waals surface area contributed by atoms with Crippen LogP contribution in [0.3, 0.4) is 0 Å². The molecule has 0 saturated carbocycles. The van der Waals surface area contributed by atoms with E-state index in [9.17, 15) is 10.1 Å². The van der Waals surface area contributed by atoms with Gasteiger partial charge in [-0.15, -0.1) is 0 Å². The Bertz CT molecular complexity index is 1240. The zero-order valence-electron chi connectivity index (χ0n) is 17.9. The Labute approximate surface area is 208 Å². The Morgan fingerprint density at radius 2 is 1.91 bits per heavy atom. The first kappa shape index (κ1) is 24.3. The molecule has 3 aromatic carbocycles. The number of hydrogen-bond acceptors (Lipinski definition) is 5. The van der Waals surface area contributed by atoms with Gasteiger partial charge in [-0.3, -0.25) is 0 Å². The number of ether oxygens (including phenoxy) is 2. The SMILES string of the molecule is COc1cc(/C=N/NC(=O)Nc2ccc(Br)c(C)c2)c(Br)cc1OCc1ccccc1C#N. The fourth-order valence-electron chi connectivity index (χ4n) is 2.87. The summed E-state index contributed by atoms with van der Waals surface area (Å²) in [6.07, 6.45) is 1.49. The average Bonchev–Trinajstić information content (AvgIpc) is 2.81. The lowest BCUT2D eigenvalue weighted by Gasteiger charge is -2.13. The van der Waals surface area contributed by atoms with Crippen LogP contribution < -0.4 is 20.2 Å².